The first-order valence-electron chi connectivity index (χ1n) is 15.5. The van der Waals surface area contributed by atoms with Gasteiger partial charge in [0.25, 0.3) is 0 Å². The molecule has 48 heavy (non-hydrogen) atoms. The molecule has 268 valence electrons. The SMILES string of the molecule is CNC(=O)[C@@H]1[C@@H](O)[C@@H](C)CN1C(=O)[C@@H](NC(=O)[C@@H](NC(=O)[C@@H]1C[C@@H](O)CN1C(=O)[C@@H](N)[C@@H](C)O)[C@H](O)[C@@H](O)c1ccc(O)cc1)[C@@H](C)O. The van der Waals surface area contributed by atoms with Crippen LogP contribution in [0.4, 0.5) is 0 Å². The predicted octanol–water partition coefficient (Wildman–Crippen LogP) is -5.24. The van der Waals surface area contributed by atoms with E-state index in [9.17, 15) is 59.7 Å². The second-order valence-electron chi connectivity index (χ2n) is 12.4. The number of carbonyl (C=O) groups excluding carboxylic acids is 5. The number of hydrogen-bond acceptors (Lipinski definition) is 13. The Balaban J connectivity index is 1.95. The number of aliphatic hydroxyl groups is 6. The van der Waals surface area contributed by atoms with E-state index < -0.39 is 102 Å². The second kappa shape index (κ2) is 16.0. The maximum absolute atomic E-state index is 13.8. The van der Waals surface area contributed by atoms with Crippen LogP contribution in [0, 0.1) is 5.92 Å². The maximum Gasteiger partial charge on any atom is 0.248 e. The Morgan fingerprint density at radius 3 is 2.00 bits per heavy atom. The molecule has 1 aromatic carbocycles. The van der Waals surface area contributed by atoms with E-state index in [1.165, 1.54) is 38.2 Å². The van der Waals surface area contributed by atoms with E-state index in [4.69, 9.17) is 5.73 Å². The Kier molecular flexibility index (Phi) is 12.8. The standard InChI is InChI=1S/C30H46N6O12/c1-12-10-36(22(23(12)41)28(46)32-4)30(48)20(14(3)38)33-27(45)21(25(43)24(42)15-5-7-16(39)8-6-15)34-26(44)18-9-17(40)11-35(18)29(47)19(31)13(2)37/h5-8,12-14,17-25,37-43H,9-11,31H2,1-4H3,(H,32,46)(H,33,45)(H,34,44)/t12-,13+,14+,17+,18-,19-,20-,21-,22-,23-,24-,25-/m0/s1. The molecule has 0 aliphatic carbocycles. The summed E-state index contributed by atoms with van der Waals surface area (Å²) in [5.74, 6) is -5.58. The number of amides is 5. The number of aliphatic hydroxyl groups excluding tert-OH is 6. The number of hydrogen-bond donors (Lipinski definition) is 11. The van der Waals surface area contributed by atoms with Gasteiger partial charge < -0.3 is 67.2 Å². The van der Waals surface area contributed by atoms with Crippen LogP contribution in [0.25, 0.3) is 0 Å². The number of benzene rings is 1. The molecule has 0 saturated carbocycles. The number of rotatable bonds is 12. The van der Waals surface area contributed by atoms with Crippen LogP contribution >= 0.6 is 0 Å². The van der Waals surface area contributed by atoms with Crippen molar-refractivity contribution in [1.29, 1.82) is 0 Å². The Morgan fingerprint density at radius 1 is 0.854 bits per heavy atom. The molecule has 2 saturated heterocycles. The summed E-state index contributed by atoms with van der Waals surface area (Å²) in [6.07, 6.45) is -9.67. The van der Waals surface area contributed by atoms with Gasteiger partial charge in [-0.1, -0.05) is 19.1 Å². The summed E-state index contributed by atoms with van der Waals surface area (Å²) in [6.45, 7) is 3.57. The zero-order valence-corrected chi connectivity index (χ0v) is 27.0. The largest absolute Gasteiger partial charge is 0.508 e. The molecule has 12 N–H and O–H groups in total. The van der Waals surface area contributed by atoms with Crippen molar-refractivity contribution < 1.29 is 59.7 Å². The normalized spacial score (nSPS) is 26.9. The van der Waals surface area contributed by atoms with Gasteiger partial charge in [0.2, 0.25) is 29.5 Å². The molecule has 1 aromatic rings. The van der Waals surface area contributed by atoms with E-state index in [2.05, 4.69) is 16.0 Å². The zero-order chi connectivity index (χ0) is 36.2. The zero-order valence-electron chi connectivity index (χ0n) is 27.0. The smallest absolute Gasteiger partial charge is 0.248 e. The molecule has 2 aliphatic heterocycles. The first kappa shape index (κ1) is 38.5. The molecule has 0 aromatic heterocycles. The third-order valence-electron chi connectivity index (χ3n) is 8.72. The average Bonchev–Trinajstić information content (AvgIpc) is 3.58. The predicted molar refractivity (Wildman–Crippen MR) is 165 cm³/mol. The van der Waals surface area contributed by atoms with E-state index in [0.717, 1.165) is 16.7 Å². The molecule has 12 atom stereocenters. The molecule has 0 radical (unpaired) electrons. The van der Waals surface area contributed by atoms with E-state index in [-0.39, 0.29) is 30.8 Å². The molecular formula is C30H46N6O12. The number of carbonyl (C=O) groups is 5. The molecule has 2 heterocycles. The number of nitrogens with one attached hydrogen (secondary N) is 3. The lowest BCUT2D eigenvalue weighted by Gasteiger charge is -2.33. The summed E-state index contributed by atoms with van der Waals surface area (Å²) in [5.41, 5.74) is 5.78. The quantitative estimate of drug-likeness (QED) is 0.0984. The van der Waals surface area contributed by atoms with Crippen molar-refractivity contribution in [1.82, 2.24) is 25.8 Å². The molecule has 18 nitrogen and oxygen atoms in total. The lowest BCUT2D eigenvalue weighted by Crippen LogP contribution is -2.64. The Bertz CT molecular complexity index is 1330. The van der Waals surface area contributed by atoms with Crippen molar-refractivity contribution in [3.05, 3.63) is 29.8 Å². The monoisotopic (exact) mass is 682 g/mol. The summed E-state index contributed by atoms with van der Waals surface area (Å²) in [7, 11) is 1.30. The molecule has 0 spiro atoms. The van der Waals surface area contributed by atoms with Gasteiger partial charge in [-0.25, -0.2) is 0 Å². The number of β-amino-alcohol motifs (C(OH)–C–C–N with tert-alkyl or cyclic N) is 1. The minimum absolute atomic E-state index is 0.0139. The van der Waals surface area contributed by atoms with Gasteiger partial charge in [0.15, 0.2) is 0 Å². The van der Waals surface area contributed by atoms with Crippen molar-refractivity contribution in [2.45, 2.75) is 94.0 Å². The topological polar surface area (TPSA) is 296 Å². The number of nitrogens with two attached hydrogens (primary N) is 1. The highest BCUT2D eigenvalue weighted by atomic mass is 16.3. The number of phenols is 1. The Morgan fingerprint density at radius 2 is 1.46 bits per heavy atom. The van der Waals surface area contributed by atoms with E-state index in [0.29, 0.717) is 0 Å². The highest BCUT2D eigenvalue weighted by Gasteiger charge is 2.48. The van der Waals surface area contributed by atoms with Crippen molar-refractivity contribution in [3.8, 4) is 5.75 Å². The van der Waals surface area contributed by atoms with E-state index in [1.54, 1.807) is 6.92 Å². The van der Waals surface area contributed by atoms with Crippen LogP contribution in [0.3, 0.4) is 0 Å². The molecule has 0 bridgehead atoms. The lowest BCUT2D eigenvalue weighted by molar-refractivity contribution is -0.147. The molecule has 3 rings (SSSR count). The van der Waals surface area contributed by atoms with Crippen molar-refractivity contribution in [3.63, 3.8) is 0 Å². The third-order valence-corrected chi connectivity index (χ3v) is 8.72. The fourth-order valence-corrected chi connectivity index (χ4v) is 5.82. The van der Waals surface area contributed by atoms with Crippen LogP contribution in [0.2, 0.25) is 0 Å². The maximum atomic E-state index is 13.8. The molecule has 0 unspecified atom stereocenters. The minimum atomic E-state index is -2.13. The van der Waals surface area contributed by atoms with Gasteiger partial charge in [-0.3, -0.25) is 24.0 Å². The van der Waals surface area contributed by atoms with E-state index >= 15 is 0 Å². The molecule has 18 heteroatoms. The van der Waals surface area contributed by atoms with Crippen molar-refractivity contribution >= 4 is 29.5 Å². The Hall–Kier alpha value is -3.91. The number of nitrogens with zero attached hydrogens (tertiary/aromatic N) is 2. The van der Waals surface area contributed by atoms with E-state index in [1.807, 2.05) is 0 Å². The summed E-state index contributed by atoms with van der Waals surface area (Å²) in [4.78, 5) is 68.4. The number of likely N-dealkylation sites (tertiary alicyclic amines) is 2. The molecule has 2 fully saturated rings. The summed E-state index contributed by atoms with van der Waals surface area (Å²) >= 11 is 0. The van der Waals surface area contributed by atoms with Gasteiger partial charge in [0.05, 0.1) is 24.4 Å². The third kappa shape index (κ3) is 8.38. The van der Waals surface area contributed by atoms with Crippen LogP contribution < -0.4 is 21.7 Å². The summed E-state index contributed by atoms with van der Waals surface area (Å²) in [6, 6.07) is -3.18. The van der Waals surface area contributed by atoms with Crippen molar-refractivity contribution in [2.75, 3.05) is 20.1 Å². The highest BCUT2D eigenvalue weighted by Crippen LogP contribution is 2.26. The van der Waals surface area contributed by atoms with Crippen LogP contribution in [0.5, 0.6) is 5.75 Å². The number of aromatic hydroxyl groups is 1. The second-order valence-corrected chi connectivity index (χ2v) is 12.4. The molecule has 2 aliphatic rings. The van der Waals surface area contributed by atoms with Gasteiger partial charge in [0.1, 0.15) is 48.2 Å². The summed E-state index contributed by atoms with van der Waals surface area (Å²) < 4.78 is 0. The first-order valence-corrected chi connectivity index (χ1v) is 15.5. The number of likely N-dealkylation sites (N-methyl/N-ethyl adjacent to an activating group) is 1. The Labute approximate surface area is 276 Å². The van der Waals surface area contributed by atoms with Crippen LogP contribution in [-0.2, 0) is 24.0 Å². The molecular weight excluding hydrogens is 636 g/mol. The van der Waals surface area contributed by atoms with Crippen molar-refractivity contribution in [2.24, 2.45) is 11.7 Å². The van der Waals surface area contributed by atoms with Gasteiger partial charge >= 0.3 is 0 Å². The summed E-state index contributed by atoms with van der Waals surface area (Å²) in [5, 5.41) is 80.0. The molecule has 5 amide bonds. The lowest BCUT2D eigenvalue weighted by atomic mass is 9.96. The number of phenolic OH excluding ortho intramolecular Hbond substituents is 1. The van der Waals surface area contributed by atoms with Gasteiger partial charge in [-0.05, 0) is 31.5 Å². The van der Waals surface area contributed by atoms with Gasteiger partial charge in [-0.15, -0.1) is 0 Å². The first-order chi connectivity index (χ1) is 22.4. The fraction of sp³-hybridized carbons (Fsp3) is 0.633. The highest BCUT2D eigenvalue weighted by molar-refractivity contribution is 5.97. The van der Waals surface area contributed by atoms with Crippen LogP contribution in [0.1, 0.15) is 38.9 Å². The van der Waals surface area contributed by atoms with Crippen LogP contribution in [0.15, 0.2) is 24.3 Å². The van der Waals surface area contributed by atoms with Gasteiger partial charge in [-0.2, -0.15) is 0 Å². The van der Waals surface area contributed by atoms with Crippen LogP contribution in [-0.4, -0.2) is 156 Å². The van der Waals surface area contributed by atoms with Gasteiger partial charge in [0, 0.05) is 32.5 Å². The minimum Gasteiger partial charge on any atom is -0.508 e. The average molecular weight is 683 g/mol. The fourth-order valence-electron chi connectivity index (χ4n) is 5.82.